The Bertz CT molecular complexity index is 1190. The van der Waals surface area contributed by atoms with Gasteiger partial charge in [-0.25, -0.2) is 4.68 Å². The van der Waals surface area contributed by atoms with Crippen LogP contribution in [0.25, 0.3) is 11.4 Å². The molecule has 158 valence electrons. The molecule has 1 atom stereocenters. The summed E-state index contributed by atoms with van der Waals surface area (Å²) in [4.78, 5) is 18.0. The quantitative estimate of drug-likeness (QED) is 0.661. The second-order valence-corrected chi connectivity index (χ2v) is 8.88. The number of carbonyl (C=O) groups excluding carboxylic acids is 1. The van der Waals surface area contributed by atoms with Crippen LogP contribution >= 0.6 is 0 Å². The van der Waals surface area contributed by atoms with E-state index in [4.69, 9.17) is 14.8 Å². The number of hydrogen-bond donors (Lipinski definition) is 2. The number of hydrogen-bond acceptors (Lipinski definition) is 6. The van der Waals surface area contributed by atoms with Crippen LogP contribution in [0.4, 0.5) is 5.95 Å². The summed E-state index contributed by atoms with van der Waals surface area (Å²) in [6.45, 7) is 4.21. The fourth-order valence-corrected chi connectivity index (χ4v) is 4.44. The molecule has 5 rings (SSSR count). The highest BCUT2D eigenvalue weighted by Gasteiger charge is 2.41. The molecule has 2 aliphatic rings. The first kappa shape index (κ1) is 19.4. The van der Waals surface area contributed by atoms with Crippen molar-refractivity contribution in [3.05, 3.63) is 65.4 Å². The van der Waals surface area contributed by atoms with Crippen LogP contribution in [0.1, 0.15) is 38.3 Å². The van der Waals surface area contributed by atoms with Gasteiger partial charge in [0.05, 0.1) is 7.11 Å². The van der Waals surface area contributed by atoms with Crippen molar-refractivity contribution in [2.24, 2.45) is 5.41 Å². The fourth-order valence-electron chi connectivity index (χ4n) is 4.44. The predicted octanol–water partition coefficient (Wildman–Crippen LogP) is 4.32. The van der Waals surface area contributed by atoms with E-state index >= 15 is 0 Å². The number of ether oxygens (including phenoxy) is 1. The van der Waals surface area contributed by atoms with Crippen molar-refractivity contribution in [3.63, 3.8) is 0 Å². The van der Waals surface area contributed by atoms with Gasteiger partial charge in [0.15, 0.2) is 11.6 Å². The molecule has 2 aromatic carbocycles. The summed E-state index contributed by atoms with van der Waals surface area (Å²) in [5.74, 6) is 2.23. The number of fused-ring (bicyclic) bond motifs is 1. The molecule has 1 aromatic heterocycles. The summed E-state index contributed by atoms with van der Waals surface area (Å²) in [5, 5.41) is 17.9. The van der Waals surface area contributed by atoms with Gasteiger partial charge in [0.1, 0.15) is 17.5 Å². The Morgan fingerprint density at radius 1 is 1.10 bits per heavy atom. The van der Waals surface area contributed by atoms with Crippen LogP contribution in [-0.2, 0) is 4.79 Å². The van der Waals surface area contributed by atoms with Crippen LogP contribution in [0.15, 0.2) is 59.8 Å². The molecule has 1 aliphatic carbocycles. The lowest BCUT2D eigenvalue weighted by Crippen LogP contribution is -2.36. The molecule has 0 saturated heterocycles. The minimum atomic E-state index is -0.394. The van der Waals surface area contributed by atoms with E-state index in [2.05, 4.69) is 19.2 Å². The Morgan fingerprint density at radius 2 is 1.81 bits per heavy atom. The number of nitrogens with zero attached hydrogens (tertiary/aromatic N) is 3. The monoisotopic (exact) mass is 416 g/mol. The lowest BCUT2D eigenvalue weighted by atomic mass is 9.73. The highest BCUT2D eigenvalue weighted by Crippen LogP contribution is 2.45. The molecule has 2 heterocycles. The highest BCUT2D eigenvalue weighted by molar-refractivity contribution is 6.00. The average Bonchev–Trinajstić information content (AvgIpc) is 3.16. The van der Waals surface area contributed by atoms with Crippen molar-refractivity contribution in [2.45, 2.75) is 32.7 Å². The number of allylic oxidation sites excluding steroid dienone is 2. The van der Waals surface area contributed by atoms with Gasteiger partial charge in [-0.3, -0.25) is 4.79 Å². The van der Waals surface area contributed by atoms with E-state index in [0.29, 0.717) is 18.2 Å². The van der Waals surface area contributed by atoms with E-state index < -0.39 is 6.04 Å². The molecule has 0 fully saturated rings. The lowest BCUT2D eigenvalue weighted by Gasteiger charge is -2.38. The largest absolute Gasteiger partial charge is 0.508 e. The van der Waals surface area contributed by atoms with Crippen LogP contribution in [-0.4, -0.2) is 32.8 Å². The van der Waals surface area contributed by atoms with Crippen molar-refractivity contribution in [1.29, 1.82) is 0 Å². The van der Waals surface area contributed by atoms with Gasteiger partial charge < -0.3 is 15.2 Å². The standard InChI is InChI=1S/C24H24N4O3/c1-24(2)12-18-20(19(30)13-24)21(14-4-8-16(29)9-5-14)28-23(25-18)26-22(27-28)15-6-10-17(31-3)11-7-15/h4-11,21,29H,12-13H2,1-3H3,(H,25,26,27)/t21-/m1/s1. The number of phenolic OH excluding ortho intramolecular Hbond substituents is 1. The smallest absolute Gasteiger partial charge is 0.226 e. The summed E-state index contributed by atoms with van der Waals surface area (Å²) >= 11 is 0. The predicted molar refractivity (Wildman–Crippen MR) is 117 cm³/mol. The Labute approximate surface area is 180 Å². The molecule has 1 aliphatic heterocycles. The first-order valence-electron chi connectivity index (χ1n) is 10.3. The molecule has 3 aromatic rings. The third-order valence-electron chi connectivity index (χ3n) is 5.89. The molecule has 7 heteroatoms. The lowest BCUT2D eigenvalue weighted by molar-refractivity contribution is -0.118. The van der Waals surface area contributed by atoms with Crippen LogP contribution in [0.3, 0.4) is 0 Å². The number of anilines is 1. The van der Waals surface area contributed by atoms with Crippen molar-refractivity contribution >= 4 is 11.7 Å². The molecule has 0 amide bonds. The number of nitrogens with one attached hydrogen (secondary N) is 1. The number of benzene rings is 2. The van der Waals surface area contributed by atoms with E-state index in [1.807, 2.05) is 36.4 Å². The summed E-state index contributed by atoms with van der Waals surface area (Å²) in [6.07, 6.45) is 1.24. The van der Waals surface area contributed by atoms with E-state index in [9.17, 15) is 9.90 Å². The Kier molecular flexibility index (Phi) is 4.36. The Balaban J connectivity index is 1.64. The number of rotatable bonds is 3. The Hall–Kier alpha value is -3.61. The van der Waals surface area contributed by atoms with Crippen molar-refractivity contribution in [1.82, 2.24) is 14.8 Å². The number of ketones is 1. The second-order valence-electron chi connectivity index (χ2n) is 8.88. The van der Waals surface area contributed by atoms with E-state index in [1.54, 1.807) is 23.9 Å². The zero-order chi connectivity index (χ0) is 21.8. The third-order valence-corrected chi connectivity index (χ3v) is 5.89. The van der Waals surface area contributed by atoms with Gasteiger partial charge in [0.25, 0.3) is 0 Å². The normalized spacial score (nSPS) is 19.5. The van der Waals surface area contributed by atoms with Gasteiger partial charge in [-0.05, 0) is 53.8 Å². The van der Waals surface area contributed by atoms with E-state index in [1.165, 1.54) is 0 Å². The summed E-state index contributed by atoms with van der Waals surface area (Å²) in [7, 11) is 1.63. The van der Waals surface area contributed by atoms with Crippen LogP contribution in [0, 0.1) is 5.41 Å². The molecule has 0 saturated carbocycles. The average molecular weight is 416 g/mol. The van der Waals surface area contributed by atoms with Crippen LogP contribution < -0.4 is 10.1 Å². The van der Waals surface area contributed by atoms with Gasteiger partial charge in [-0.2, -0.15) is 4.98 Å². The maximum absolute atomic E-state index is 13.2. The van der Waals surface area contributed by atoms with Crippen LogP contribution in [0.5, 0.6) is 11.5 Å². The molecule has 31 heavy (non-hydrogen) atoms. The highest BCUT2D eigenvalue weighted by atomic mass is 16.5. The zero-order valence-corrected chi connectivity index (χ0v) is 17.7. The second kappa shape index (κ2) is 6.97. The molecular weight excluding hydrogens is 392 g/mol. The summed E-state index contributed by atoms with van der Waals surface area (Å²) in [6, 6.07) is 14.1. The SMILES string of the molecule is COc1ccc(-c2nc3n(n2)[C@H](c2ccc(O)cc2)C2=C(CC(C)(C)CC2=O)N3)cc1. The number of Topliss-reactive ketones (excluding diaryl/α,β-unsaturated/α-hetero) is 1. The van der Waals surface area contributed by atoms with Gasteiger partial charge >= 0.3 is 0 Å². The molecule has 0 spiro atoms. The van der Waals surface area contributed by atoms with Gasteiger partial charge in [0, 0.05) is 23.3 Å². The molecule has 0 unspecified atom stereocenters. The molecule has 0 bridgehead atoms. The number of aromatic nitrogens is 3. The summed E-state index contributed by atoms with van der Waals surface area (Å²) < 4.78 is 7.02. The summed E-state index contributed by atoms with van der Waals surface area (Å²) in [5.41, 5.74) is 3.25. The van der Waals surface area contributed by atoms with Crippen molar-refractivity contribution < 1.29 is 14.6 Å². The zero-order valence-electron chi connectivity index (χ0n) is 17.7. The first-order chi connectivity index (χ1) is 14.8. The topological polar surface area (TPSA) is 89.3 Å². The molecule has 0 radical (unpaired) electrons. The third kappa shape index (κ3) is 3.36. The first-order valence-corrected chi connectivity index (χ1v) is 10.3. The van der Waals surface area contributed by atoms with Crippen LogP contribution in [0.2, 0.25) is 0 Å². The number of aromatic hydroxyl groups is 1. The minimum Gasteiger partial charge on any atom is -0.508 e. The van der Waals surface area contributed by atoms with Crippen molar-refractivity contribution in [2.75, 3.05) is 12.4 Å². The Morgan fingerprint density at radius 3 is 2.48 bits per heavy atom. The number of methoxy groups -OCH3 is 1. The van der Waals surface area contributed by atoms with Gasteiger partial charge in [0.2, 0.25) is 5.95 Å². The molecule has 2 N–H and O–H groups in total. The molecular formula is C24H24N4O3. The van der Waals surface area contributed by atoms with E-state index in [-0.39, 0.29) is 16.9 Å². The number of carbonyl (C=O) groups is 1. The van der Waals surface area contributed by atoms with Gasteiger partial charge in [-0.1, -0.05) is 26.0 Å². The molecule has 7 nitrogen and oxygen atoms in total. The van der Waals surface area contributed by atoms with Gasteiger partial charge in [-0.15, -0.1) is 5.10 Å². The maximum Gasteiger partial charge on any atom is 0.226 e. The van der Waals surface area contributed by atoms with Crippen molar-refractivity contribution in [3.8, 4) is 22.9 Å². The maximum atomic E-state index is 13.2. The van der Waals surface area contributed by atoms with E-state index in [0.717, 1.165) is 34.6 Å². The fraction of sp³-hybridized carbons (Fsp3) is 0.292. The number of phenols is 1. The minimum absolute atomic E-state index is 0.115.